The highest BCUT2D eigenvalue weighted by Crippen LogP contribution is 2.38. The molecule has 0 aromatic heterocycles. The Morgan fingerprint density at radius 1 is 0.870 bits per heavy atom. The molecule has 0 spiro atoms. The number of carbonyl (C=O) groups excluding carboxylic acids is 2. The zero-order valence-electron chi connectivity index (χ0n) is 12.4. The average molecular weight is 329 g/mol. The first-order valence-corrected chi connectivity index (χ1v) is 9.03. The number of anilines is 1. The van der Waals surface area contributed by atoms with E-state index in [1.807, 2.05) is 0 Å². The summed E-state index contributed by atoms with van der Waals surface area (Å²) in [5, 5.41) is -1.39. The summed E-state index contributed by atoms with van der Waals surface area (Å²) in [7, 11) is -3.73. The number of Topliss-reactive ketones (excluding diaryl/α,β-unsaturated/α-hetero) is 1. The van der Waals surface area contributed by atoms with E-state index in [1.165, 1.54) is 4.90 Å². The Balaban J connectivity index is 2.21. The van der Waals surface area contributed by atoms with Crippen LogP contribution < -0.4 is 4.90 Å². The van der Waals surface area contributed by atoms with E-state index >= 15 is 0 Å². The van der Waals surface area contributed by atoms with Gasteiger partial charge in [0.15, 0.2) is 15.1 Å². The molecule has 1 aliphatic heterocycles. The Bertz CT molecular complexity index is 847. The first kappa shape index (κ1) is 15.4. The monoisotopic (exact) mass is 329 g/mol. The van der Waals surface area contributed by atoms with Gasteiger partial charge in [-0.15, -0.1) is 0 Å². The van der Waals surface area contributed by atoms with Gasteiger partial charge in [0.1, 0.15) is 0 Å². The van der Waals surface area contributed by atoms with E-state index in [4.69, 9.17) is 0 Å². The number of hydrogen-bond acceptors (Lipinski definition) is 4. The summed E-state index contributed by atoms with van der Waals surface area (Å²) in [6, 6.07) is 16.5. The smallest absolute Gasteiger partial charge is 0.296 e. The van der Waals surface area contributed by atoms with Gasteiger partial charge < -0.3 is 0 Å². The lowest BCUT2D eigenvalue weighted by molar-refractivity contribution is -0.133. The number of amides is 1. The van der Waals surface area contributed by atoms with Crippen LogP contribution in [0.1, 0.15) is 11.6 Å². The van der Waals surface area contributed by atoms with Gasteiger partial charge in [-0.2, -0.15) is 0 Å². The van der Waals surface area contributed by atoms with Crippen LogP contribution in [-0.2, 0) is 19.4 Å². The van der Waals surface area contributed by atoms with Crippen LogP contribution in [0.2, 0.25) is 0 Å². The van der Waals surface area contributed by atoms with E-state index in [9.17, 15) is 18.0 Å². The van der Waals surface area contributed by atoms with Crippen LogP contribution in [0.5, 0.6) is 0 Å². The number of para-hydroxylation sites is 1. The van der Waals surface area contributed by atoms with Crippen molar-refractivity contribution in [2.75, 3.05) is 11.2 Å². The molecule has 1 saturated heterocycles. The molecule has 0 saturated carbocycles. The fourth-order valence-corrected chi connectivity index (χ4v) is 4.15. The van der Waals surface area contributed by atoms with Gasteiger partial charge in [0, 0.05) is 11.9 Å². The fourth-order valence-electron chi connectivity index (χ4n) is 2.91. The molecule has 23 heavy (non-hydrogen) atoms. The molecule has 2 aromatic carbocycles. The highest BCUT2D eigenvalue weighted by atomic mass is 32.2. The molecule has 0 N–H and O–H groups in total. The molecule has 0 aliphatic carbocycles. The Morgan fingerprint density at radius 3 is 1.91 bits per heavy atom. The molecule has 1 heterocycles. The van der Waals surface area contributed by atoms with E-state index in [-0.39, 0.29) is 0 Å². The minimum Gasteiger partial charge on any atom is -0.296 e. The number of sulfone groups is 1. The summed E-state index contributed by atoms with van der Waals surface area (Å²) in [5.41, 5.74) is 1.12. The van der Waals surface area contributed by atoms with Crippen molar-refractivity contribution in [2.45, 2.75) is 11.3 Å². The average Bonchev–Trinajstić information content (AvgIpc) is 2.81. The third kappa shape index (κ3) is 2.66. The van der Waals surface area contributed by atoms with Gasteiger partial charge >= 0.3 is 0 Å². The molecule has 0 unspecified atom stereocenters. The predicted octanol–water partition coefficient (Wildman–Crippen LogP) is 1.76. The maximum Gasteiger partial charge on any atom is 0.296 e. The summed E-state index contributed by atoms with van der Waals surface area (Å²) in [5.74, 6) is -1.68. The molecule has 6 heteroatoms. The maximum atomic E-state index is 12.5. The van der Waals surface area contributed by atoms with Gasteiger partial charge in [0.2, 0.25) is 5.78 Å². The lowest BCUT2D eigenvalue weighted by atomic mass is 10.0. The lowest BCUT2D eigenvalue weighted by Gasteiger charge is -2.26. The van der Waals surface area contributed by atoms with Crippen molar-refractivity contribution in [3.63, 3.8) is 0 Å². The zero-order chi connectivity index (χ0) is 16.6. The van der Waals surface area contributed by atoms with Crippen molar-refractivity contribution in [3.05, 3.63) is 66.2 Å². The molecule has 3 rings (SSSR count). The first-order valence-electron chi connectivity index (χ1n) is 7.07. The highest BCUT2D eigenvalue weighted by molar-refractivity contribution is 7.92. The Morgan fingerprint density at radius 2 is 1.39 bits per heavy atom. The largest absolute Gasteiger partial charge is 0.296 e. The number of ketones is 1. The van der Waals surface area contributed by atoms with Crippen LogP contribution in [0.4, 0.5) is 5.69 Å². The first-order chi connectivity index (χ1) is 10.9. The summed E-state index contributed by atoms with van der Waals surface area (Å²) in [6.45, 7) is 0. The second-order valence-corrected chi connectivity index (χ2v) is 7.65. The summed E-state index contributed by atoms with van der Waals surface area (Å²) < 4.78 is 24.3. The van der Waals surface area contributed by atoms with Crippen molar-refractivity contribution < 1.29 is 18.0 Å². The molecule has 1 amide bonds. The normalized spacial score (nSPS) is 21.7. The summed E-state index contributed by atoms with van der Waals surface area (Å²) in [4.78, 5) is 26.1. The van der Waals surface area contributed by atoms with E-state index in [2.05, 4.69) is 0 Å². The van der Waals surface area contributed by atoms with E-state index in [1.54, 1.807) is 60.7 Å². The van der Waals surface area contributed by atoms with Gasteiger partial charge in [0.25, 0.3) is 5.91 Å². The molecule has 1 aliphatic rings. The molecule has 118 valence electrons. The Labute approximate surface area is 134 Å². The molecule has 1 fully saturated rings. The quantitative estimate of drug-likeness (QED) is 0.805. The predicted molar refractivity (Wildman–Crippen MR) is 86.7 cm³/mol. The number of hydrogen-bond donors (Lipinski definition) is 0. The van der Waals surface area contributed by atoms with Crippen LogP contribution in [-0.4, -0.2) is 31.6 Å². The third-order valence-corrected chi connectivity index (χ3v) is 5.28. The fraction of sp³-hybridized carbons (Fsp3) is 0.176. The van der Waals surface area contributed by atoms with Crippen LogP contribution in [0.3, 0.4) is 0 Å². The SMILES string of the molecule is CS(=O)(=O)[C@H]1C(=O)C(=O)N(c2ccccc2)[C@H]1c1ccccc1. The number of carbonyl (C=O) groups is 2. The van der Waals surface area contributed by atoms with E-state index in [0.29, 0.717) is 11.3 Å². The van der Waals surface area contributed by atoms with Crippen LogP contribution >= 0.6 is 0 Å². The number of rotatable bonds is 3. The molecule has 2 atom stereocenters. The second kappa shape index (κ2) is 5.62. The minimum absolute atomic E-state index is 0.505. The van der Waals surface area contributed by atoms with Gasteiger partial charge in [-0.1, -0.05) is 48.5 Å². The molecule has 5 nitrogen and oxygen atoms in total. The minimum atomic E-state index is -3.73. The topological polar surface area (TPSA) is 71.5 Å². The number of nitrogens with zero attached hydrogens (tertiary/aromatic N) is 1. The Kier molecular flexibility index (Phi) is 3.77. The standard InChI is InChI=1S/C17H15NO4S/c1-23(21,22)16-14(12-8-4-2-5-9-12)18(17(20)15(16)19)13-10-6-3-7-11-13/h2-11,14,16H,1H3/t14-,16+/m0/s1. The van der Waals surface area contributed by atoms with Crippen molar-refractivity contribution >= 4 is 27.2 Å². The van der Waals surface area contributed by atoms with E-state index in [0.717, 1.165) is 6.26 Å². The van der Waals surface area contributed by atoms with Crippen molar-refractivity contribution in [3.8, 4) is 0 Å². The molecular formula is C17H15NO4S. The van der Waals surface area contributed by atoms with Crippen molar-refractivity contribution in [1.82, 2.24) is 0 Å². The maximum absolute atomic E-state index is 12.5. The van der Waals surface area contributed by atoms with Gasteiger partial charge in [0.05, 0.1) is 6.04 Å². The number of benzene rings is 2. The highest BCUT2D eigenvalue weighted by Gasteiger charge is 2.53. The van der Waals surface area contributed by atoms with Crippen molar-refractivity contribution in [1.29, 1.82) is 0 Å². The molecule has 2 aromatic rings. The van der Waals surface area contributed by atoms with Crippen LogP contribution in [0, 0.1) is 0 Å². The van der Waals surface area contributed by atoms with Gasteiger partial charge in [-0.25, -0.2) is 8.42 Å². The lowest BCUT2D eigenvalue weighted by Crippen LogP contribution is -2.33. The third-order valence-electron chi connectivity index (χ3n) is 3.89. The van der Waals surface area contributed by atoms with E-state index < -0.39 is 32.8 Å². The molecule has 0 bridgehead atoms. The Hall–Kier alpha value is -2.47. The summed E-state index contributed by atoms with van der Waals surface area (Å²) in [6.07, 6.45) is 0.993. The van der Waals surface area contributed by atoms with Gasteiger partial charge in [-0.05, 0) is 17.7 Å². The molecule has 0 radical (unpaired) electrons. The van der Waals surface area contributed by atoms with Gasteiger partial charge in [-0.3, -0.25) is 14.5 Å². The van der Waals surface area contributed by atoms with Crippen molar-refractivity contribution in [2.24, 2.45) is 0 Å². The van der Waals surface area contributed by atoms with Crippen LogP contribution in [0.25, 0.3) is 0 Å². The molecular weight excluding hydrogens is 314 g/mol. The zero-order valence-corrected chi connectivity index (χ0v) is 13.2. The summed E-state index contributed by atoms with van der Waals surface area (Å²) >= 11 is 0. The second-order valence-electron chi connectivity index (χ2n) is 5.48. The van der Waals surface area contributed by atoms with Crippen LogP contribution in [0.15, 0.2) is 60.7 Å².